The molecular weight excluding hydrogens is 1440 g/mol. The molecule has 0 radical (unpaired) electrons. The third kappa shape index (κ3) is 20.3. The number of nitrogens with zero attached hydrogens (tertiary/aromatic N) is 6. The maximum Gasteiger partial charge on any atom is 0.407 e. The van der Waals surface area contributed by atoms with Crippen LogP contribution in [-0.4, -0.2) is 255 Å². The van der Waals surface area contributed by atoms with Crippen LogP contribution in [0.4, 0.5) is 4.79 Å². The van der Waals surface area contributed by atoms with Crippen molar-refractivity contribution >= 4 is 167 Å². The molecule has 0 bridgehead atoms. The molecule has 536 valence electrons. The molecule has 0 spiro atoms. The second-order valence-corrected chi connectivity index (χ2v) is 30.7. The summed E-state index contributed by atoms with van der Waals surface area (Å²) in [6, 6.07) is 18.5. The van der Waals surface area contributed by atoms with Gasteiger partial charge in [0.25, 0.3) is 47.3 Å². The van der Waals surface area contributed by atoms with E-state index in [2.05, 4.69) is 31.5 Å². The molecule has 4 aliphatic heterocycles. The standard InChI is InChI=1S/C67H81N11O14S8/c1-67(2,3)92-62(87)72-23-9-8-14-41(74(30-26-70-56(81)44-17-12-21-48(52(44)90-6)60(85)77-34-38-99-65(77)95)31-27-71-57(82)45-18-13-22-49(53(45)91-7)61(86)78-35-39-100-66(78)96)40-73(28-24-68-54(79)42-15-10-19-46(50(42)88-4)58(83)75-32-36-97-63(75)93)29-25-69-55(80)43-16-11-20-47(51(43)89-5)59(84)76-33-37-98-64(76)94/h10-13,15-22,41H,8-9,14,23-40H2,1-7H3,(H,68,79)(H,69,80)(H,70,81)(H,71,82)(H,72,87). The van der Waals surface area contributed by atoms with E-state index in [1.54, 1.807) is 93.6 Å². The Morgan fingerprint density at radius 3 is 0.990 bits per heavy atom. The number of alkyl carbamates (subject to hydrolysis) is 1. The van der Waals surface area contributed by atoms with Gasteiger partial charge in [0, 0.05) is 121 Å². The van der Waals surface area contributed by atoms with Gasteiger partial charge < -0.3 is 50.3 Å². The Labute approximate surface area is 620 Å². The Hall–Kier alpha value is -7.21. The Bertz CT molecular complexity index is 3570. The molecule has 9 amide bonds. The van der Waals surface area contributed by atoms with Gasteiger partial charge in [0.2, 0.25) is 0 Å². The van der Waals surface area contributed by atoms with Crippen LogP contribution in [0.15, 0.2) is 72.8 Å². The molecule has 1 unspecified atom stereocenters. The smallest absolute Gasteiger partial charge is 0.407 e. The van der Waals surface area contributed by atoms with Crippen molar-refractivity contribution in [1.82, 2.24) is 56.0 Å². The number of ether oxygens (including phenoxy) is 5. The topological polar surface area (TPSA) is 279 Å². The molecular formula is C67H81N11O14S8. The number of hydrogen-bond acceptors (Lipinski definition) is 24. The zero-order chi connectivity index (χ0) is 72.2. The highest BCUT2D eigenvalue weighted by Gasteiger charge is 2.35. The highest BCUT2D eigenvalue weighted by atomic mass is 32.2. The van der Waals surface area contributed by atoms with Crippen molar-refractivity contribution in [2.75, 3.05) is 143 Å². The number of methoxy groups -OCH3 is 4. The van der Waals surface area contributed by atoms with E-state index in [0.717, 1.165) is 0 Å². The maximum atomic E-state index is 14.4. The average molecular weight is 1520 g/mol. The zero-order valence-corrected chi connectivity index (χ0v) is 63.1. The van der Waals surface area contributed by atoms with Crippen molar-refractivity contribution in [2.24, 2.45) is 0 Å². The lowest BCUT2D eigenvalue weighted by atomic mass is 10.1. The second kappa shape index (κ2) is 37.6. The molecule has 8 rings (SSSR count). The van der Waals surface area contributed by atoms with Gasteiger partial charge in [-0.1, -0.05) is 127 Å². The van der Waals surface area contributed by atoms with Crippen LogP contribution in [0, 0.1) is 0 Å². The first-order valence-corrected chi connectivity index (χ1v) is 37.8. The van der Waals surface area contributed by atoms with E-state index < -0.39 is 65.0 Å². The fraction of sp³-hybridized carbons (Fsp3) is 0.448. The Morgan fingerprint density at radius 2 is 0.720 bits per heavy atom. The molecule has 4 fully saturated rings. The Kier molecular flexibility index (Phi) is 29.5. The summed E-state index contributed by atoms with van der Waals surface area (Å²) in [5, 5.41) is 14.9. The molecule has 33 heteroatoms. The number of para-hydroxylation sites is 4. The van der Waals surface area contributed by atoms with Crippen LogP contribution in [0.3, 0.4) is 0 Å². The summed E-state index contributed by atoms with van der Waals surface area (Å²) in [5.41, 5.74) is 0.312. The van der Waals surface area contributed by atoms with Crippen LogP contribution in [0.2, 0.25) is 0 Å². The van der Waals surface area contributed by atoms with Gasteiger partial charge in [-0.3, -0.25) is 67.8 Å². The number of benzene rings is 4. The molecule has 100 heavy (non-hydrogen) atoms. The van der Waals surface area contributed by atoms with Crippen molar-refractivity contribution < 1.29 is 66.8 Å². The van der Waals surface area contributed by atoms with Gasteiger partial charge in [-0.2, -0.15) is 0 Å². The quantitative estimate of drug-likeness (QED) is 0.0237. The number of amides is 9. The second-order valence-electron chi connectivity index (χ2n) is 23.8. The lowest BCUT2D eigenvalue weighted by Gasteiger charge is -2.36. The first-order chi connectivity index (χ1) is 48.0. The highest BCUT2D eigenvalue weighted by Crippen LogP contribution is 2.33. The van der Waals surface area contributed by atoms with Crippen LogP contribution in [0.1, 0.15) is 123 Å². The molecule has 5 N–H and O–H groups in total. The van der Waals surface area contributed by atoms with E-state index in [1.165, 1.54) is 95.1 Å². The van der Waals surface area contributed by atoms with Gasteiger partial charge in [0.15, 0.2) is 0 Å². The predicted octanol–water partition coefficient (Wildman–Crippen LogP) is 7.30. The van der Waals surface area contributed by atoms with E-state index in [1.807, 2.05) is 4.90 Å². The van der Waals surface area contributed by atoms with Gasteiger partial charge in [-0.05, 0) is 82.1 Å². The molecule has 4 aliphatic rings. The summed E-state index contributed by atoms with van der Waals surface area (Å²) < 4.78 is 30.2. The van der Waals surface area contributed by atoms with Gasteiger partial charge in [0.05, 0.1) is 72.9 Å². The van der Waals surface area contributed by atoms with Crippen molar-refractivity contribution in [2.45, 2.75) is 51.7 Å². The molecule has 4 aromatic carbocycles. The minimum atomic E-state index is -0.742. The van der Waals surface area contributed by atoms with Crippen LogP contribution < -0.4 is 45.5 Å². The first-order valence-electron chi connectivity index (χ1n) is 32.2. The van der Waals surface area contributed by atoms with Gasteiger partial charge in [0.1, 0.15) is 45.9 Å². The summed E-state index contributed by atoms with van der Waals surface area (Å²) in [7, 11) is 5.51. The van der Waals surface area contributed by atoms with Crippen LogP contribution in [0.25, 0.3) is 0 Å². The molecule has 0 saturated carbocycles. The molecule has 0 aliphatic carbocycles. The number of thiocarbonyl (C=S) groups is 4. The minimum Gasteiger partial charge on any atom is -0.495 e. The average Bonchev–Trinajstić information content (AvgIpc) is 1.40. The molecule has 0 aromatic heterocycles. The van der Waals surface area contributed by atoms with Crippen LogP contribution in [-0.2, 0) is 4.74 Å². The van der Waals surface area contributed by atoms with Crippen molar-refractivity contribution in [1.29, 1.82) is 0 Å². The van der Waals surface area contributed by atoms with Gasteiger partial charge in [-0.25, -0.2) is 4.79 Å². The SMILES string of the molecule is COc1c(C(=O)NCCN(CCNC(=O)c2cccc(C(=O)N3CCSC3=S)c2OC)CC(CCCCNC(=O)OC(C)(C)C)N(CCNC(=O)c2cccc(C(=O)N3CCSC3=S)c2OC)CCNC(=O)c2cccc(C(=O)N3CCSC3=S)c2OC)cccc1C(=O)N1CCSC1=S. The van der Waals surface area contributed by atoms with E-state index in [9.17, 15) is 43.2 Å². The number of unbranched alkanes of at least 4 members (excludes halogenated alkanes) is 1. The summed E-state index contributed by atoms with van der Waals surface area (Å²) in [6.07, 6.45) is 0.881. The molecule has 4 heterocycles. The van der Waals surface area contributed by atoms with E-state index in [4.69, 9.17) is 72.6 Å². The largest absolute Gasteiger partial charge is 0.495 e. The van der Waals surface area contributed by atoms with Crippen molar-refractivity contribution in [3.63, 3.8) is 0 Å². The van der Waals surface area contributed by atoms with Crippen LogP contribution in [0.5, 0.6) is 23.0 Å². The van der Waals surface area contributed by atoms with E-state index >= 15 is 0 Å². The number of hydrogen-bond donors (Lipinski definition) is 5. The zero-order valence-electron chi connectivity index (χ0n) is 56.5. The number of rotatable bonds is 32. The lowest BCUT2D eigenvalue weighted by molar-refractivity contribution is 0.0524. The number of carbonyl (C=O) groups is 9. The third-order valence-electron chi connectivity index (χ3n) is 16.2. The number of thioether (sulfide) groups is 4. The molecule has 4 aromatic rings. The Morgan fingerprint density at radius 1 is 0.430 bits per heavy atom. The van der Waals surface area contributed by atoms with Crippen molar-refractivity contribution in [3.05, 3.63) is 117 Å². The third-order valence-corrected chi connectivity index (χ3v) is 21.9. The van der Waals surface area contributed by atoms with Crippen molar-refractivity contribution in [3.8, 4) is 23.0 Å². The minimum absolute atomic E-state index is 0.0238. The van der Waals surface area contributed by atoms with Gasteiger partial charge in [-0.15, -0.1) is 0 Å². The number of carbonyl (C=O) groups excluding carboxylic acids is 9. The monoisotopic (exact) mass is 1520 g/mol. The lowest BCUT2D eigenvalue weighted by Crippen LogP contribution is -2.51. The maximum absolute atomic E-state index is 14.4. The predicted molar refractivity (Wildman–Crippen MR) is 406 cm³/mol. The summed E-state index contributed by atoms with van der Waals surface area (Å²) >= 11 is 27.4. The summed E-state index contributed by atoms with van der Waals surface area (Å²) in [5.74, 6) is -0.965. The fourth-order valence-electron chi connectivity index (χ4n) is 11.4. The van der Waals surface area contributed by atoms with Crippen LogP contribution >= 0.6 is 95.9 Å². The summed E-state index contributed by atoms with van der Waals surface area (Å²) in [4.78, 5) is 136. The summed E-state index contributed by atoms with van der Waals surface area (Å²) in [6.45, 7) is 8.18. The molecule has 25 nitrogen and oxygen atoms in total. The number of nitrogens with one attached hydrogen (secondary N) is 5. The fourth-order valence-corrected chi connectivity index (χ4v) is 16.3. The normalized spacial score (nSPS) is 14.9. The Balaban J connectivity index is 1.11. The highest BCUT2D eigenvalue weighted by molar-refractivity contribution is 8.24. The van der Waals surface area contributed by atoms with Gasteiger partial charge >= 0.3 is 6.09 Å². The molecule has 1 atom stereocenters. The van der Waals surface area contributed by atoms with E-state index in [0.29, 0.717) is 85.7 Å². The molecule has 4 saturated heterocycles. The first kappa shape index (κ1) is 78.5. The van der Waals surface area contributed by atoms with E-state index in [-0.39, 0.29) is 133 Å².